The molecule has 0 radical (unpaired) electrons. The number of carbonyl (C=O) groups excluding carboxylic acids is 1. The number of hydrogen-bond donors (Lipinski definition) is 2. The molecule has 0 heterocycles. The third-order valence-electron chi connectivity index (χ3n) is 3.74. The lowest BCUT2D eigenvalue weighted by molar-refractivity contribution is -0.0384. The minimum Gasteiger partial charge on any atom is -0.496 e. The molecule has 0 aromatic heterocycles. The standard InChI is InChI=1S/C18H19F3N2O4S/c1-27-16-5-3-2-4-13(16)12-23(10-11-24)17(25)22-14-6-8-15(9-7-14)28(26)18(19,20)21/h2-9,24H,10-12H2,1H3,(H,22,25)/t28-/m1/s1. The second-order valence-electron chi connectivity index (χ2n) is 5.63. The molecule has 0 aliphatic rings. The van der Waals surface area contributed by atoms with Crippen molar-refractivity contribution in [3.8, 4) is 5.75 Å². The van der Waals surface area contributed by atoms with Crippen molar-refractivity contribution in [3.63, 3.8) is 0 Å². The molecule has 10 heteroatoms. The smallest absolute Gasteiger partial charge is 0.475 e. The largest absolute Gasteiger partial charge is 0.496 e. The molecule has 0 fully saturated rings. The van der Waals surface area contributed by atoms with E-state index in [-0.39, 0.29) is 25.4 Å². The van der Waals surface area contributed by atoms with Gasteiger partial charge < -0.3 is 20.1 Å². The van der Waals surface area contributed by atoms with E-state index >= 15 is 0 Å². The molecule has 2 rings (SSSR count). The highest BCUT2D eigenvalue weighted by atomic mass is 32.2. The summed E-state index contributed by atoms with van der Waals surface area (Å²) in [7, 11) is -1.63. The summed E-state index contributed by atoms with van der Waals surface area (Å²) < 4.78 is 54.0. The van der Waals surface area contributed by atoms with E-state index in [1.54, 1.807) is 24.3 Å². The van der Waals surface area contributed by atoms with Gasteiger partial charge in [-0.15, -0.1) is 0 Å². The van der Waals surface area contributed by atoms with Crippen molar-refractivity contribution >= 4 is 22.5 Å². The Kier molecular flexibility index (Phi) is 7.41. The van der Waals surface area contributed by atoms with Crippen molar-refractivity contribution in [2.24, 2.45) is 0 Å². The Morgan fingerprint density at radius 3 is 2.39 bits per heavy atom. The average Bonchev–Trinajstić information content (AvgIpc) is 2.67. The first-order valence-electron chi connectivity index (χ1n) is 8.13. The lowest BCUT2D eigenvalue weighted by Gasteiger charge is -2.23. The van der Waals surface area contributed by atoms with Crippen LogP contribution < -0.4 is 10.1 Å². The normalized spacial score (nSPS) is 12.3. The number of rotatable bonds is 7. The van der Waals surface area contributed by atoms with E-state index in [1.807, 2.05) is 0 Å². The SMILES string of the molecule is COc1ccccc1CN(CCO)C(=O)Nc1ccc([S@@](=O)C(F)(F)F)cc1. The zero-order chi connectivity index (χ0) is 20.7. The van der Waals surface area contributed by atoms with Crippen LogP contribution >= 0.6 is 0 Å². The van der Waals surface area contributed by atoms with Gasteiger partial charge in [0.25, 0.3) is 0 Å². The maximum absolute atomic E-state index is 12.5. The first-order valence-corrected chi connectivity index (χ1v) is 9.28. The van der Waals surface area contributed by atoms with Gasteiger partial charge in [0.1, 0.15) is 5.75 Å². The van der Waals surface area contributed by atoms with Gasteiger partial charge in [0.05, 0.1) is 20.3 Å². The molecule has 0 aliphatic carbocycles. The summed E-state index contributed by atoms with van der Waals surface area (Å²) in [6, 6.07) is 11.1. The number of urea groups is 1. The van der Waals surface area contributed by atoms with E-state index in [9.17, 15) is 27.3 Å². The summed E-state index contributed by atoms with van der Waals surface area (Å²) in [5.74, 6) is 0.581. The van der Waals surface area contributed by atoms with Crippen molar-refractivity contribution in [2.75, 3.05) is 25.6 Å². The van der Waals surface area contributed by atoms with Crippen LogP contribution in [0.5, 0.6) is 5.75 Å². The zero-order valence-electron chi connectivity index (χ0n) is 14.9. The van der Waals surface area contributed by atoms with E-state index in [0.29, 0.717) is 5.75 Å². The number of para-hydroxylation sites is 1. The number of methoxy groups -OCH3 is 1. The van der Waals surface area contributed by atoms with E-state index in [4.69, 9.17) is 4.74 Å². The summed E-state index contributed by atoms with van der Waals surface area (Å²) in [5, 5.41) is 11.8. The molecule has 2 aromatic carbocycles. The van der Waals surface area contributed by atoms with Crippen molar-refractivity contribution < 1.29 is 32.0 Å². The maximum atomic E-state index is 12.5. The van der Waals surface area contributed by atoms with Crippen molar-refractivity contribution in [3.05, 3.63) is 54.1 Å². The first kappa shape index (κ1) is 21.7. The Bertz CT molecular complexity index is 828. The van der Waals surface area contributed by atoms with Crippen LogP contribution in [0.25, 0.3) is 0 Å². The highest BCUT2D eigenvalue weighted by Gasteiger charge is 2.37. The van der Waals surface area contributed by atoms with Gasteiger partial charge >= 0.3 is 11.5 Å². The fraction of sp³-hybridized carbons (Fsp3) is 0.278. The second kappa shape index (κ2) is 9.56. The van der Waals surface area contributed by atoms with Gasteiger partial charge in [0.2, 0.25) is 0 Å². The highest BCUT2D eigenvalue weighted by molar-refractivity contribution is 7.86. The van der Waals surface area contributed by atoms with Crippen molar-refractivity contribution in [1.82, 2.24) is 4.90 Å². The Morgan fingerprint density at radius 2 is 1.82 bits per heavy atom. The van der Waals surface area contributed by atoms with Crippen molar-refractivity contribution in [2.45, 2.75) is 16.9 Å². The highest BCUT2D eigenvalue weighted by Crippen LogP contribution is 2.27. The topological polar surface area (TPSA) is 78.9 Å². The predicted molar refractivity (Wildman–Crippen MR) is 98.4 cm³/mol. The molecule has 1 atom stereocenters. The molecule has 6 nitrogen and oxygen atoms in total. The zero-order valence-corrected chi connectivity index (χ0v) is 15.7. The van der Waals surface area contributed by atoms with Crippen LogP contribution in [0.4, 0.5) is 23.7 Å². The molecule has 0 aliphatic heterocycles. The van der Waals surface area contributed by atoms with Gasteiger partial charge in [-0.05, 0) is 30.3 Å². The van der Waals surface area contributed by atoms with Crippen molar-refractivity contribution in [1.29, 1.82) is 0 Å². The fourth-order valence-corrected chi connectivity index (χ4v) is 3.06. The Morgan fingerprint density at radius 1 is 1.18 bits per heavy atom. The number of alkyl halides is 3. The van der Waals surface area contributed by atoms with Gasteiger partial charge in [-0.25, -0.2) is 9.00 Å². The van der Waals surface area contributed by atoms with E-state index in [1.165, 1.54) is 24.1 Å². The average molecular weight is 416 g/mol. The van der Waals surface area contributed by atoms with Crippen LogP contribution in [0.2, 0.25) is 0 Å². The summed E-state index contributed by atoms with van der Waals surface area (Å²) in [5.41, 5.74) is -3.89. The molecule has 0 unspecified atom stereocenters. The second-order valence-corrected chi connectivity index (χ2v) is 7.10. The van der Waals surface area contributed by atoms with E-state index in [0.717, 1.165) is 17.7 Å². The Labute approximate surface area is 162 Å². The minimum atomic E-state index is -4.85. The maximum Gasteiger partial charge on any atom is 0.475 e. The van der Waals surface area contributed by atoms with Crippen LogP contribution in [0.1, 0.15) is 5.56 Å². The van der Waals surface area contributed by atoms with Crippen LogP contribution in [0, 0.1) is 0 Å². The fourth-order valence-electron chi connectivity index (χ4n) is 2.41. The molecule has 28 heavy (non-hydrogen) atoms. The third kappa shape index (κ3) is 5.70. The predicted octanol–water partition coefficient (Wildman–Crippen LogP) is 3.35. The lowest BCUT2D eigenvalue weighted by atomic mass is 10.2. The molecule has 2 N–H and O–H groups in total. The van der Waals surface area contributed by atoms with Crippen LogP contribution in [-0.2, 0) is 17.3 Å². The molecule has 2 amide bonds. The van der Waals surface area contributed by atoms with Crippen LogP contribution in [0.15, 0.2) is 53.4 Å². The molecular weight excluding hydrogens is 397 g/mol. The molecule has 0 saturated heterocycles. The number of amides is 2. The number of nitrogens with one attached hydrogen (secondary N) is 1. The minimum absolute atomic E-state index is 0.0417. The van der Waals surface area contributed by atoms with Gasteiger partial charge in [-0.2, -0.15) is 13.2 Å². The number of ether oxygens (including phenoxy) is 1. The molecular formula is C18H19F3N2O4S. The first-order chi connectivity index (χ1) is 13.3. The van der Waals surface area contributed by atoms with E-state index < -0.39 is 27.2 Å². The van der Waals surface area contributed by atoms with Gasteiger partial charge in [-0.3, -0.25) is 0 Å². The number of aliphatic hydroxyl groups excluding tert-OH is 1. The van der Waals surface area contributed by atoms with Gasteiger partial charge in [-0.1, -0.05) is 18.2 Å². The molecule has 0 saturated carbocycles. The number of halogens is 3. The number of benzene rings is 2. The monoisotopic (exact) mass is 416 g/mol. The van der Waals surface area contributed by atoms with Crippen LogP contribution in [-0.4, -0.2) is 46.0 Å². The molecule has 0 spiro atoms. The summed E-state index contributed by atoms with van der Waals surface area (Å²) in [6.07, 6.45) is 0. The van der Waals surface area contributed by atoms with Gasteiger partial charge in [0, 0.05) is 22.7 Å². The number of anilines is 1. The summed E-state index contributed by atoms with van der Waals surface area (Å²) >= 11 is 0. The Balaban J connectivity index is 2.10. The number of carbonyl (C=O) groups is 1. The Hall–Kier alpha value is -2.59. The van der Waals surface area contributed by atoms with E-state index in [2.05, 4.69) is 5.32 Å². The quantitative estimate of drug-likeness (QED) is 0.726. The third-order valence-corrected chi connectivity index (χ3v) is 4.86. The molecule has 0 bridgehead atoms. The van der Waals surface area contributed by atoms with Crippen LogP contribution in [0.3, 0.4) is 0 Å². The molecule has 152 valence electrons. The number of hydrogen-bond acceptors (Lipinski definition) is 4. The lowest BCUT2D eigenvalue weighted by Crippen LogP contribution is -2.36. The number of nitrogens with zero attached hydrogens (tertiary/aromatic N) is 1. The number of aliphatic hydroxyl groups is 1. The summed E-state index contributed by atoms with van der Waals surface area (Å²) in [4.78, 5) is 13.4. The van der Waals surface area contributed by atoms with Gasteiger partial charge in [0.15, 0.2) is 10.8 Å². The summed E-state index contributed by atoms with van der Waals surface area (Å²) in [6.45, 7) is -0.0707. The molecule has 2 aromatic rings.